The lowest BCUT2D eigenvalue weighted by atomic mass is 9.81. The lowest BCUT2D eigenvalue weighted by molar-refractivity contribution is 0.107. The summed E-state index contributed by atoms with van der Waals surface area (Å²) >= 11 is 5.13. The fraction of sp³-hybridized carbons (Fsp3) is 0.318. The van der Waals surface area contributed by atoms with Crippen LogP contribution in [0, 0.1) is 0 Å². The fourth-order valence-corrected chi connectivity index (χ4v) is 4.32. The minimum atomic E-state index is -0.321. The quantitative estimate of drug-likeness (QED) is 0.603. The first-order valence-electron chi connectivity index (χ1n) is 9.41. The third-order valence-corrected chi connectivity index (χ3v) is 5.86. The summed E-state index contributed by atoms with van der Waals surface area (Å²) in [5.74, 6) is 0.121. The minimum Gasteiger partial charge on any atom is -0.392 e. The molecule has 0 saturated heterocycles. The van der Waals surface area contributed by atoms with Crippen LogP contribution in [0.1, 0.15) is 48.3 Å². The standard InChI is InChI=1S/C22H24N2O2S/c23-22(27)15-4-3-5-16(11-15)24-12-19(17-6-1-2-7-21(17)26)18-10-14(13-25)8-9-20(18)24/h3-5,8-12,17,21,25-26H,1-2,6-7,13H2,(H2,23,27). The van der Waals surface area contributed by atoms with E-state index in [-0.39, 0.29) is 18.6 Å². The van der Waals surface area contributed by atoms with Crippen LogP contribution in [-0.4, -0.2) is 25.9 Å². The van der Waals surface area contributed by atoms with Gasteiger partial charge in [-0.3, -0.25) is 0 Å². The molecular formula is C22H24N2O2S. The van der Waals surface area contributed by atoms with Crippen LogP contribution in [0.5, 0.6) is 0 Å². The number of thiocarbonyl (C=S) groups is 1. The molecule has 3 aromatic rings. The second-order valence-corrected chi connectivity index (χ2v) is 7.78. The van der Waals surface area contributed by atoms with E-state index in [1.54, 1.807) is 0 Å². The van der Waals surface area contributed by atoms with Gasteiger partial charge in [0.05, 0.1) is 18.2 Å². The van der Waals surface area contributed by atoms with Gasteiger partial charge in [-0.05, 0) is 48.2 Å². The van der Waals surface area contributed by atoms with E-state index in [1.165, 1.54) is 0 Å². The molecular weight excluding hydrogens is 356 g/mol. The molecule has 0 spiro atoms. The van der Waals surface area contributed by atoms with Gasteiger partial charge in [0.15, 0.2) is 0 Å². The molecule has 0 radical (unpaired) electrons. The van der Waals surface area contributed by atoms with Crippen LogP contribution in [-0.2, 0) is 6.61 Å². The van der Waals surface area contributed by atoms with E-state index in [4.69, 9.17) is 18.0 Å². The molecule has 2 atom stereocenters. The van der Waals surface area contributed by atoms with Crippen molar-refractivity contribution in [3.8, 4) is 5.69 Å². The molecule has 27 heavy (non-hydrogen) atoms. The second kappa shape index (κ2) is 7.43. The first-order chi connectivity index (χ1) is 13.1. The van der Waals surface area contributed by atoms with Crippen LogP contribution in [0.3, 0.4) is 0 Å². The fourth-order valence-electron chi connectivity index (χ4n) is 4.19. The Hall–Kier alpha value is -2.21. The Labute approximate surface area is 164 Å². The average Bonchev–Trinajstić information content (AvgIpc) is 3.07. The molecule has 0 bridgehead atoms. The van der Waals surface area contributed by atoms with Crippen molar-refractivity contribution in [1.29, 1.82) is 0 Å². The first kappa shape index (κ1) is 18.2. The maximum absolute atomic E-state index is 10.6. The molecule has 4 rings (SSSR count). The molecule has 1 heterocycles. The van der Waals surface area contributed by atoms with Crippen molar-refractivity contribution in [2.24, 2.45) is 5.73 Å². The van der Waals surface area contributed by atoms with E-state index in [0.29, 0.717) is 4.99 Å². The zero-order valence-electron chi connectivity index (χ0n) is 15.1. The number of aromatic nitrogens is 1. The Kier molecular flexibility index (Phi) is 5.00. The summed E-state index contributed by atoms with van der Waals surface area (Å²) in [4.78, 5) is 0.374. The van der Waals surface area contributed by atoms with Crippen molar-refractivity contribution < 1.29 is 10.2 Å². The van der Waals surface area contributed by atoms with E-state index in [2.05, 4.69) is 10.8 Å². The number of hydrogen-bond donors (Lipinski definition) is 3. The average molecular weight is 381 g/mol. The molecule has 4 nitrogen and oxygen atoms in total. The normalized spacial score (nSPS) is 20.1. The number of nitrogens with zero attached hydrogens (tertiary/aromatic N) is 1. The first-order valence-corrected chi connectivity index (χ1v) is 9.82. The molecule has 1 aromatic heterocycles. The topological polar surface area (TPSA) is 71.4 Å². The molecule has 4 N–H and O–H groups in total. The maximum Gasteiger partial charge on any atom is 0.104 e. The van der Waals surface area contributed by atoms with Gasteiger partial charge in [-0.1, -0.05) is 43.3 Å². The lowest BCUT2D eigenvalue weighted by Crippen LogP contribution is -2.22. The van der Waals surface area contributed by atoms with Gasteiger partial charge in [-0.25, -0.2) is 0 Å². The number of hydrogen-bond acceptors (Lipinski definition) is 3. The number of benzene rings is 2. The Morgan fingerprint density at radius 2 is 1.96 bits per heavy atom. The minimum absolute atomic E-state index is 0.00467. The summed E-state index contributed by atoms with van der Waals surface area (Å²) in [6, 6.07) is 13.9. The number of aliphatic hydroxyl groups excluding tert-OH is 2. The van der Waals surface area contributed by atoms with Crippen LogP contribution in [0.4, 0.5) is 0 Å². The van der Waals surface area contributed by atoms with Gasteiger partial charge in [0.25, 0.3) is 0 Å². The Bertz CT molecular complexity index is 995. The van der Waals surface area contributed by atoms with Crippen molar-refractivity contribution in [2.75, 3.05) is 0 Å². The molecule has 0 amide bonds. The summed E-state index contributed by atoms with van der Waals surface area (Å²) in [5.41, 5.74) is 10.7. The predicted molar refractivity (Wildman–Crippen MR) is 112 cm³/mol. The molecule has 2 aromatic carbocycles. The molecule has 140 valence electrons. The highest BCUT2D eigenvalue weighted by molar-refractivity contribution is 7.80. The van der Waals surface area contributed by atoms with Gasteiger partial charge in [0.2, 0.25) is 0 Å². The lowest BCUT2D eigenvalue weighted by Gasteiger charge is -2.27. The smallest absolute Gasteiger partial charge is 0.104 e. The van der Waals surface area contributed by atoms with Crippen LogP contribution in [0.2, 0.25) is 0 Å². The highest BCUT2D eigenvalue weighted by atomic mass is 32.1. The van der Waals surface area contributed by atoms with Gasteiger partial charge < -0.3 is 20.5 Å². The monoisotopic (exact) mass is 380 g/mol. The van der Waals surface area contributed by atoms with Gasteiger partial charge in [0.1, 0.15) is 4.99 Å². The Balaban J connectivity index is 1.91. The van der Waals surface area contributed by atoms with Gasteiger partial charge in [-0.2, -0.15) is 0 Å². The number of nitrogens with two attached hydrogens (primary N) is 1. The third kappa shape index (κ3) is 3.38. The van der Waals surface area contributed by atoms with E-state index in [0.717, 1.165) is 59.0 Å². The van der Waals surface area contributed by atoms with Crippen LogP contribution in [0.25, 0.3) is 16.6 Å². The van der Waals surface area contributed by atoms with Crippen LogP contribution < -0.4 is 5.73 Å². The largest absolute Gasteiger partial charge is 0.392 e. The second-order valence-electron chi connectivity index (χ2n) is 7.34. The zero-order chi connectivity index (χ0) is 19.0. The molecule has 5 heteroatoms. The molecule has 1 aliphatic rings. The molecule has 1 saturated carbocycles. The van der Waals surface area contributed by atoms with E-state index < -0.39 is 0 Å². The maximum atomic E-state index is 10.6. The highest BCUT2D eigenvalue weighted by Gasteiger charge is 2.28. The summed E-state index contributed by atoms with van der Waals surface area (Å²) in [6.07, 6.45) is 5.84. The Morgan fingerprint density at radius 3 is 2.70 bits per heavy atom. The van der Waals surface area contributed by atoms with E-state index in [9.17, 15) is 10.2 Å². The highest BCUT2D eigenvalue weighted by Crippen LogP contribution is 2.39. The summed E-state index contributed by atoms with van der Waals surface area (Å²) in [7, 11) is 0. The Morgan fingerprint density at radius 1 is 1.15 bits per heavy atom. The van der Waals surface area contributed by atoms with Crippen molar-refractivity contribution in [3.05, 3.63) is 65.4 Å². The predicted octanol–water partition coefficient (Wildman–Crippen LogP) is 3.78. The number of rotatable bonds is 4. The molecule has 0 aliphatic heterocycles. The van der Waals surface area contributed by atoms with Crippen molar-refractivity contribution in [2.45, 2.75) is 44.3 Å². The van der Waals surface area contributed by atoms with Gasteiger partial charge in [0, 0.05) is 28.8 Å². The SMILES string of the molecule is NC(=S)c1cccc(-n2cc(C3CCCCC3O)c3cc(CO)ccc32)c1. The van der Waals surface area contributed by atoms with Crippen molar-refractivity contribution >= 4 is 28.1 Å². The molecule has 2 unspecified atom stereocenters. The van der Waals surface area contributed by atoms with E-state index in [1.807, 2.05) is 42.5 Å². The van der Waals surface area contributed by atoms with E-state index >= 15 is 0 Å². The number of fused-ring (bicyclic) bond motifs is 1. The van der Waals surface area contributed by atoms with Gasteiger partial charge in [-0.15, -0.1) is 0 Å². The van der Waals surface area contributed by atoms with Crippen molar-refractivity contribution in [3.63, 3.8) is 0 Å². The van der Waals surface area contributed by atoms with Crippen molar-refractivity contribution in [1.82, 2.24) is 4.57 Å². The third-order valence-electron chi connectivity index (χ3n) is 5.62. The molecule has 1 fully saturated rings. The van der Waals surface area contributed by atoms with Gasteiger partial charge >= 0.3 is 0 Å². The zero-order valence-corrected chi connectivity index (χ0v) is 16.0. The molecule has 1 aliphatic carbocycles. The number of aliphatic hydroxyl groups is 2. The van der Waals surface area contributed by atoms with Crippen LogP contribution >= 0.6 is 12.2 Å². The summed E-state index contributed by atoms with van der Waals surface area (Å²) in [6.45, 7) is 0.00467. The summed E-state index contributed by atoms with van der Waals surface area (Å²) in [5, 5.41) is 21.3. The summed E-state index contributed by atoms with van der Waals surface area (Å²) < 4.78 is 2.13. The van der Waals surface area contributed by atoms with Crippen LogP contribution in [0.15, 0.2) is 48.7 Å².